The van der Waals surface area contributed by atoms with Gasteiger partial charge in [-0.25, -0.2) is 9.78 Å². The minimum atomic E-state index is -0.769. The van der Waals surface area contributed by atoms with Crippen LogP contribution < -0.4 is 21.3 Å². The Kier molecular flexibility index (Phi) is 11.2. The number of urea groups is 1. The van der Waals surface area contributed by atoms with Gasteiger partial charge in [0.2, 0.25) is 0 Å². The number of hydrogen-bond donors (Lipinski definition) is 4. The molecular weight excluding hydrogens is 558 g/mol. The average Bonchev–Trinajstić information content (AvgIpc) is 3.69. The molecule has 1 saturated heterocycles. The molecule has 0 aliphatic carbocycles. The van der Waals surface area contributed by atoms with E-state index < -0.39 is 11.9 Å². The third-order valence-corrected chi connectivity index (χ3v) is 7.16. The second-order valence-corrected chi connectivity index (χ2v) is 10.2. The number of unbranched alkanes of at least 4 members (excludes halogenated alkanes) is 1. The van der Waals surface area contributed by atoms with Crippen molar-refractivity contribution >= 4 is 35.0 Å². The second-order valence-electron chi connectivity index (χ2n) is 10.2. The lowest BCUT2D eigenvalue weighted by Crippen LogP contribution is -2.48. The number of amides is 4. The summed E-state index contributed by atoms with van der Waals surface area (Å²) in [5.74, 6) is 0.124. The molecule has 1 fully saturated rings. The maximum atomic E-state index is 13.1. The largest absolute Gasteiger partial charge is 0.455 e. The third kappa shape index (κ3) is 8.27. The highest BCUT2D eigenvalue weighted by Gasteiger charge is 2.25. The minimum absolute atomic E-state index is 0.00806. The number of furan rings is 1. The number of piperazine rings is 1. The third-order valence-electron chi connectivity index (χ3n) is 7.16. The van der Waals surface area contributed by atoms with Crippen LogP contribution in [-0.2, 0) is 12.8 Å². The van der Waals surface area contributed by atoms with E-state index >= 15 is 0 Å². The molecule has 232 valence electrons. The summed E-state index contributed by atoms with van der Waals surface area (Å²) in [7, 11) is 0. The number of H-pyrrole nitrogens is 1. The van der Waals surface area contributed by atoms with Gasteiger partial charge in [-0.15, -0.1) is 0 Å². The number of carbonyl (C=O) groups excluding carboxylic acids is 3. The molecule has 5 rings (SSSR count). The Morgan fingerprint density at radius 1 is 0.932 bits per heavy atom. The Hall–Kier alpha value is -5.06. The molecule has 11 nitrogen and oxygen atoms in total. The number of carbonyl (C=O) groups is 3. The van der Waals surface area contributed by atoms with Crippen LogP contribution in [0.5, 0.6) is 0 Å². The number of imidazole rings is 1. The van der Waals surface area contributed by atoms with Crippen molar-refractivity contribution in [1.82, 2.24) is 14.9 Å². The van der Waals surface area contributed by atoms with E-state index in [-0.39, 0.29) is 29.6 Å². The molecule has 0 spiro atoms. The van der Waals surface area contributed by atoms with Crippen molar-refractivity contribution in [1.29, 1.82) is 0 Å². The molecule has 2 aromatic carbocycles. The monoisotopic (exact) mass is 599 g/mol. The molecule has 3 heterocycles. The number of benzene rings is 2. The SMILES string of the molecule is CC.CCCCc1ccc(NC(=O)Nc2nc(Cc3ccc(C(=O)N4CCN(c5ccccc5)CC4)o3)[nH]c2C(N)=O)cc1. The number of aromatic nitrogens is 2. The standard InChI is InChI=1S/C31H35N7O4.C2H6/c1-2-3-7-21-10-12-22(13-11-21)33-31(41)36-29-27(28(32)39)34-26(35-29)20-24-14-15-25(42-24)30(40)38-18-16-37(17-19-38)23-8-5-4-6-9-23;1-2/h4-6,8-15H,2-3,7,16-20H2,1H3,(H2,32,39)(H,34,35)(H2,33,36,41);1-2H3. The smallest absolute Gasteiger partial charge is 0.324 e. The predicted molar refractivity (Wildman–Crippen MR) is 172 cm³/mol. The highest BCUT2D eigenvalue weighted by molar-refractivity contribution is 6.04. The first-order valence-corrected chi connectivity index (χ1v) is 15.1. The molecule has 4 aromatic rings. The zero-order valence-corrected chi connectivity index (χ0v) is 25.6. The summed E-state index contributed by atoms with van der Waals surface area (Å²) in [5, 5.41) is 5.33. The summed E-state index contributed by atoms with van der Waals surface area (Å²) in [4.78, 5) is 49.0. The lowest BCUT2D eigenvalue weighted by molar-refractivity contribution is 0.0712. The van der Waals surface area contributed by atoms with Gasteiger partial charge in [0, 0.05) is 37.6 Å². The van der Waals surface area contributed by atoms with Gasteiger partial charge in [0.15, 0.2) is 11.6 Å². The molecule has 1 aliphatic rings. The van der Waals surface area contributed by atoms with Crippen LogP contribution >= 0.6 is 0 Å². The van der Waals surface area contributed by atoms with Crippen LogP contribution in [0.15, 0.2) is 71.1 Å². The van der Waals surface area contributed by atoms with Crippen LogP contribution in [0.25, 0.3) is 0 Å². The van der Waals surface area contributed by atoms with Crippen molar-refractivity contribution in [2.75, 3.05) is 41.7 Å². The van der Waals surface area contributed by atoms with Crippen LogP contribution in [0.4, 0.5) is 22.0 Å². The normalized spacial score (nSPS) is 12.7. The summed E-state index contributed by atoms with van der Waals surface area (Å²) in [5.41, 5.74) is 8.44. The lowest BCUT2D eigenvalue weighted by atomic mass is 10.1. The molecule has 2 aromatic heterocycles. The van der Waals surface area contributed by atoms with E-state index in [1.807, 2.05) is 56.3 Å². The van der Waals surface area contributed by atoms with E-state index in [9.17, 15) is 14.4 Å². The quantitative estimate of drug-likeness (QED) is 0.185. The molecule has 1 aliphatic heterocycles. The van der Waals surface area contributed by atoms with Gasteiger partial charge in [-0.1, -0.05) is 57.5 Å². The van der Waals surface area contributed by atoms with Gasteiger partial charge < -0.3 is 30.3 Å². The topological polar surface area (TPSA) is 150 Å². The van der Waals surface area contributed by atoms with Crippen LogP contribution in [0, 0.1) is 0 Å². The number of aryl methyl sites for hydroxylation is 1. The van der Waals surface area contributed by atoms with E-state index in [0.717, 1.165) is 38.0 Å². The average molecular weight is 600 g/mol. The van der Waals surface area contributed by atoms with Crippen LogP contribution in [-0.4, -0.2) is 58.9 Å². The van der Waals surface area contributed by atoms with E-state index in [1.165, 1.54) is 5.56 Å². The van der Waals surface area contributed by atoms with Gasteiger partial charge in [0.25, 0.3) is 11.8 Å². The Morgan fingerprint density at radius 2 is 1.64 bits per heavy atom. The van der Waals surface area contributed by atoms with Crippen LogP contribution in [0.1, 0.15) is 71.8 Å². The fourth-order valence-electron chi connectivity index (χ4n) is 4.90. The zero-order valence-electron chi connectivity index (χ0n) is 25.6. The molecule has 0 atom stereocenters. The van der Waals surface area contributed by atoms with E-state index in [1.54, 1.807) is 17.0 Å². The number of para-hydroxylation sites is 1. The Balaban J connectivity index is 0.00000216. The van der Waals surface area contributed by atoms with Crippen molar-refractivity contribution in [2.45, 2.75) is 46.5 Å². The molecular formula is C33H41N7O4. The predicted octanol–water partition coefficient (Wildman–Crippen LogP) is 5.67. The number of hydrogen-bond acceptors (Lipinski definition) is 6. The molecule has 0 saturated carbocycles. The minimum Gasteiger partial charge on any atom is -0.455 e. The number of anilines is 3. The molecule has 0 bridgehead atoms. The number of nitrogens with zero attached hydrogens (tertiary/aromatic N) is 3. The molecule has 11 heteroatoms. The highest BCUT2D eigenvalue weighted by atomic mass is 16.4. The Bertz CT molecular complexity index is 1520. The molecule has 0 radical (unpaired) electrons. The van der Waals surface area contributed by atoms with Gasteiger partial charge in [0.1, 0.15) is 17.3 Å². The van der Waals surface area contributed by atoms with Gasteiger partial charge in [0.05, 0.1) is 6.42 Å². The summed E-state index contributed by atoms with van der Waals surface area (Å²) >= 11 is 0. The van der Waals surface area contributed by atoms with Crippen molar-refractivity contribution in [3.05, 3.63) is 95.3 Å². The van der Waals surface area contributed by atoms with Crippen molar-refractivity contribution in [3.8, 4) is 0 Å². The van der Waals surface area contributed by atoms with Crippen molar-refractivity contribution in [3.63, 3.8) is 0 Å². The summed E-state index contributed by atoms with van der Waals surface area (Å²) in [6, 6.07) is 20.5. The van der Waals surface area contributed by atoms with E-state index in [2.05, 4.69) is 44.6 Å². The van der Waals surface area contributed by atoms with Crippen molar-refractivity contribution in [2.24, 2.45) is 5.73 Å². The highest BCUT2D eigenvalue weighted by Crippen LogP contribution is 2.20. The van der Waals surface area contributed by atoms with Crippen LogP contribution in [0.2, 0.25) is 0 Å². The second kappa shape index (κ2) is 15.4. The summed E-state index contributed by atoms with van der Waals surface area (Å²) in [6.07, 6.45) is 3.37. The van der Waals surface area contributed by atoms with Crippen molar-refractivity contribution < 1.29 is 18.8 Å². The summed E-state index contributed by atoms with van der Waals surface area (Å²) < 4.78 is 5.84. The molecule has 5 N–H and O–H groups in total. The Labute approximate surface area is 257 Å². The van der Waals surface area contributed by atoms with Crippen LogP contribution in [0.3, 0.4) is 0 Å². The number of aromatic amines is 1. The first-order valence-electron chi connectivity index (χ1n) is 15.1. The zero-order chi connectivity index (χ0) is 31.5. The Morgan fingerprint density at radius 3 is 2.30 bits per heavy atom. The molecule has 4 amide bonds. The number of nitrogens with one attached hydrogen (secondary N) is 3. The maximum absolute atomic E-state index is 13.1. The molecule has 44 heavy (non-hydrogen) atoms. The van der Waals surface area contributed by atoms with Gasteiger partial charge >= 0.3 is 6.03 Å². The first-order chi connectivity index (χ1) is 21.4. The molecule has 0 unspecified atom stereocenters. The summed E-state index contributed by atoms with van der Waals surface area (Å²) in [6.45, 7) is 8.79. The first kappa shape index (κ1) is 31.9. The van der Waals surface area contributed by atoms with E-state index in [0.29, 0.717) is 30.4 Å². The fourth-order valence-corrected chi connectivity index (χ4v) is 4.90. The van der Waals surface area contributed by atoms with Gasteiger partial charge in [-0.3, -0.25) is 14.9 Å². The van der Waals surface area contributed by atoms with E-state index in [4.69, 9.17) is 10.2 Å². The number of nitrogens with two attached hydrogens (primary N) is 1. The maximum Gasteiger partial charge on any atom is 0.324 e. The number of rotatable bonds is 10. The fraction of sp³-hybridized carbons (Fsp3) is 0.333. The van der Waals surface area contributed by atoms with Gasteiger partial charge in [-0.2, -0.15) is 0 Å². The van der Waals surface area contributed by atoms with Gasteiger partial charge in [-0.05, 0) is 54.8 Å². The number of primary amides is 1. The lowest BCUT2D eigenvalue weighted by Gasteiger charge is -2.35.